The fraction of sp³-hybridized carbons (Fsp3) is 0.261. The minimum absolute atomic E-state index is 0.143. The first-order valence-corrected chi connectivity index (χ1v) is 11.3. The van der Waals surface area contributed by atoms with Crippen LogP contribution in [0.5, 0.6) is 0 Å². The summed E-state index contributed by atoms with van der Waals surface area (Å²) in [5.74, 6) is 1.05. The van der Waals surface area contributed by atoms with E-state index in [2.05, 4.69) is 20.4 Å². The van der Waals surface area contributed by atoms with Crippen LogP contribution in [0.15, 0.2) is 48.8 Å². The molecule has 1 aliphatic heterocycles. The molecule has 8 nitrogen and oxygen atoms in total. The van der Waals surface area contributed by atoms with Crippen LogP contribution in [0, 0.1) is 6.92 Å². The van der Waals surface area contributed by atoms with Gasteiger partial charge in [-0.2, -0.15) is 20.1 Å². The standard InChI is InChI=1S/C23H21Cl2N7O/c1-14-16(5-3-6-18(14)25)20-28-22(30-29-20)23(2)9-4-12-31(23)21(33)17-8-7-15(24)13-19(17)32-26-10-11-27-32/h3,5-8,10-11,13H,4,9,12H2,1-2H3,(H,28,29,30). The normalized spacial score (nSPS) is 18.1. The number of nitrogens with one attached hydrogen (secondary N) is 1. The van der Waals surface area contributed by atoms with Gasteiger partial charge in [0.25, 0.3) is 5.91 Å². The Morgan fingerprint density at radius 2 is 1.94 bits per heavy atom. The molecule has 0 radical (unpaired) electrons. The number of amides is 1. The number of halogens is 2. The van der Waals surface area contributed by atoms with Crippen molar-refractivity contribution in [1.82, 2.24) is 35.1 Å². The summed E-state index contributed by atoms with van der Waals surface area (Å²) in [5.41, 5.74) is 2.11. The summed E-state index contributed by atoms with van der Waals surface area (Å²) in [6.45, 7) is 4.54. The van der Waals surface area contributed by atoms with E-state index in [1.807, 2.05) is 36.9 Å². The van der Waals surface area contributed by atoms with Gasteiger partial charge < -0.3 is 4.90 Å². The van der Waals surface area contributed by atoms with Crippen LogP contribution in [0.4, 0.5) is 0 Å². The SMILES string of the molecule is Cc1c(Cl)cccc1-c1n[nH]c(C2(C)CCCN2C(=O)c2ccc(Cl)cc2-n2nccn2)n1. The molecule has 1 saturated heterocycles. The van der Waals surface area contributed by atoms with Crippen molar-refractivity contribution in [3.05, 3.63) is 75.8 Å². The molecule has 2 aromatic carbocycles. The van der Waals surface area contributed by atoms with Gasteiger partial charge in [0.05, 0.1) is 29.2 Å². The first-order chi connectivity index (χ1) is 15.9. The van der Waals surface area contributed by atoms with Crippen LogP contribution < -0.4 is 0 Å². The third-order valence-corrected chi connectivity index (χ3v) is 6.86. The van der Waals surface area contributed by atoms with Crippen molar-refractivity contribution in [3.63, 3.8) is 0 Å². The minimum Gasteiger partial charge on any atom is -0.326 e. The summed E-state index contributed by atoms with van der Waals surface area (Å²) in [4.78, 5) is 21.8. The number of nitrogens with zero attached hydrogens (tertiary/aromatic N) is 6. The lowest BCUT2D eigenvalue weighted by Gasteiger charge is -2.33. The molecule has 33 heavy (non-hydrogen) atoms. The van der Waals surface area contributed by atoms with Crippen molar-refractivity contribution < 1.29 is 4.79 Å². The van der Waals surface area contributed by atoms with Gasteiger partial charge >= 0.3 is 0 Å². The number of likely N-dealkylation sites (tertiary alicyclic amines) is 1. The summed E-state index contributed by atoms with van der Waals surface area (Å²) in [6.07, 6.45) is 4.72. The number of carbonyl (C=O) groups excluding carboxylic acids is 1. The van der Waals surface area contributed by atoms with Crippen LogP contribution in [-0.4, -0.2) is 47.5 Å². The van der Waals surface area contributed by atoms with Crippen molar-refractivity contribution in [1.29, 1.82) is 0 Å². The van der Waals surface area contributed by atoms with E-state index in [4.69, 9.17) is 28.2 Å². The highest BCUT2D eigenvalue weighted by Crippen LogP contribution is 2.39. The van der Waals surface area contributed by atoms with Gasteiger partial charge in [-0.3, -0.25) is 9.89 Å². The Balaban J connectivity index is 1.52. The van der Waals surface area contributed by atoms with Crippen molar-refractivity contribution in [2.45, 2.75) is 32.2 Å². The molecule has 1 N–H and O–H groups in total. The van der Waals surface area contributed by atoms with Crippen LogP contribution in [0.25, 0.3) is 17.1 Å². The molecule has 0 aliphatic carbocycles. The van der Waals surface area contributed by atoms with Crippen molar-refractivity contribution in [3.8, 4) is 17.1 Å². The molecule has 1 aliphatic rings. The largest absolute Gasteiger partial charge is 0.326 e. The number of carbonyl (C=O) groups is 1. The second kappa shape index (κ2) is 8.28. The maximum atomic E-state index is 13.8. The second-order valence-corrected chi connectivity index (χ2v) is 9.08. The van der Waals surface area contributed by atoms with E-state index in [1.54, 1.807) is 30.6 Å². The highest BCUT2D eigenvalue weighted by Gasteiger charge is 2.44. The van der Waals surface area contributed by atoms with Crippen LogP contribution in [0.2, 0.25) is 10.0 Å². The fourth-order valence-corrected chi connectivity index (χ4v) is 4.69. The molecule has 1 fully saturated rings. The van der Waals surface area contributed by atoms with Gasteiger partial charge in [0, 0.05) is 22.2 Å². The summed E-state index contributed by atoms with van der Waals surface area (Å²) >= 11 is 12.5. The Kier molecular flexibility index (Phi) is 5.42. The second-order valence-electron chi connectivity index (χ2n) is 8.23. The topological polar surface area (TPSA) is 92.6 Å². The maximum absolute atomic E-state index is 13.8. The number of H-pyrrole nitrogens is 1. The molecule has 1 unspecified atom stereocenters. The van der Waals surface area contributed by atoms with Gasteiger partial charge in [-0.15, -0.1) is 0 Å². The van der Waals surface area contributed by atoms with Gasteiger partial charge in [0.2, 0.25) is 0 Å². The van der Waals surface area contributed by atoms with Crippen LogP contribution in [0.1, 0.15) is 41.5 Å². The molecule has 5 rings (SSSR count). The zero-order valence-corrected chi connectivity index (χ0v) is 19.6. The molecule has 2 aromatic heterocycles. The van der Waals surface area contributed by atoms with Crippen molar-refractivity contribution >= 4 is 29.1 Å². The lowest BCUT2D eigenvalue weighted by Crippen LogP contribution is -2.44. The zero-order chi connectivity index (χ0) is 23.2. The molecule has 3 heterocycles. The summed E-state index contributed by atoms with van der Waals surface area (Å²) in [6, 6.07) is 10.7. The van der Waals surface area contributed by atoms with Gasteiger partial charge in [-0.05, 0) is 56.5 Å². The predicted molar refractivity (Wildman–Crippen MR) is 126 cm³/mol. The lowest BCUT2D eigenvalue weighted by molar-refractivity contribution is 0.0604. The predicted octanol–water partition coefficient (Wildman–Crippen LogP) is 4.82. The zero-order valence-electron chi connectivity index (χ0n) is 18.1. The highest BCUT2D eigenvalue weighted by molar-refractivity contribution is 6.31. The fourth-order valence-electron chi connectivity index (χ4n) is 4.34. The van der Waals surface area contributed by atoms with Gasteiger partial charge in [-0.1, -0.05) is 35.3 Å². The highest BCUT2D eigenvalue weighted by atomic mass is 35.5. The van der Waals surface area contributed by atoms with Gasteiger partial charge in [-0.25, -0.2) is 4.98 Å². The molecule has 1 amide bonds. The Morgan fingerprint density at radius 1 is 1.15 bits per heavy atom. The van der Waals surface area contributed by atoms with E-state index < -0.39 is 5.54 Å². The first-order valence-electron chi connectivity index (χ1n) is 10.5. The number of benzene rings is 2. The third-order valence-electron chi connectivity index (χ3n) is 6.21. The molecular weight excluding hydrogens is 461 g/mol. The molecular formula is C23H21Cl2N7O. The minimum atomic E-state index is -0.650. The summed E-state index contributed by atoms with van der Waals surface area (Å²) in [5, 5.41) is 17.0. The third kappa shape index (κ3) is 3.69. The molecule has 168 valence electrons. The van der Waals surface area contributed by atoms with Crippen LogP contribution in [-0.2, 0) is 5.54 Å². The first kappa shape index (κ1) is 21.6. The molecule has 0 saturated carbocycles. The number of rotatable bonds is 4. The Morgan fingerprint density at radius 3 is 2.73 bits per heavy atom. The molecule has 10 heteroatoms. The number of hydrogen-bond acceptors (Lipinski definition) is 5. The smallest absolute Gasteiger partial charge is 0.256 e. The average Bonchev–Trinajstić information content (AvgIpc) is 3.56. The van der Waals surface area contributed by atoms with E-state index in [0.717, 1.165) is 24.0 Å². The Hall–Kier alpha value is -3.23. The average molecular weight is 482 g/mol. The van der Waals surface area contributed by atoms with Crippen molar-refractivity contribution in [2.75, 3.05) is 6.54 Å². The Bertz CT molecular complexity index is 1330. The lowest BCUT2D eigenvalue weighted by atomic mass is 9.97. The molecule has 4 aromatic rings. The Labute approximate surface area is 200 Å². The van der Waals surface area contributed by atoms with E-state index in [1.165, 1.54) is 4.80 Å². The van der Waals surface area contributed by atoms with E-state index in [0.29, 0.717) is 39.5 Å². The quantitative estimate of drug-likeness (QED) is 0.450. The number of aromatic nitrogens is 6. The molecule has 0 spiro atoms. The van der Waals surface area contributed by atoms with Crippen LogP contribution >= 0.6 is 23.2 Å². The van der Waals surface area contributed by atoms with Gasteiger partial charge in [0.1, 0.15) is 0 Å². The summed E-state index contributed by atoms with van der Waals surface area (Å²) in [7, 11) is 0. The van der Waals surface area contributed by atoms with E-state index in [9.17, 15) is 4.79 Å². The monoisotopic (exact) mass is 481 g/mol. The van der Waals surface area contributed by atoms with Gasteiger partial charge in [0.15, 0.2) is 11.6 Å². The van der Waals surface area contributed by atoms with E-state index in [-0.39, 0.29) is 5.91 Å². The van der Waals surface area contributed by atoms with Crippen LogP contribution in [0.3, 0.4) is 0 Å². The van der Waals surface area contributed by atoms with Crippen molar-refractivity contribution in [2.24, 2.45) is 0 Å². The molecule has 0 bridgehead atoms. The molecule has 1 atom stereocenters. The number of hydrogen-bond donors (Lipinski definition) is 1. The van der Waals surface area contributed by atoms with E-state index >= 15 is 0 Å². The maximum Gasteiger partial charge on any atom is 0.256 e. The summed E-state index contributed by atoms with van der Waals surface area (Å²) < 4.78 is 0. The number of aromatic amines is 1.